The summed E-state index contributed by atoms with van der Waals surface area (Å²) in [7, 11) is 0. The average Bonchev–Trinajstić information content (AvgIpc) is 2.65. The van der Waals surface area contributed by atoms with Gasteiger partial charge in [0.1, 0.15) is 0 Å². The van der Waals surface area contributed by atoms with E-state index < -0.39 is 0 Å². The Morgan fingerprint density at radius 1 is 1.15 bits per heavy atom. The molecule has 1 aliphatic heterocycles. The Kier molecular flexibility index (Phi) is 8.33. The van der Waals surface area contributed by atoms with Crippen molar-refractivity contribution in [2.75, 3.05) is 19.6 Å². The highest BCUT2D eigenvalue weighted by Gasteiger charge is 2.34. The molecule has 0 saturated carbocycles. The maximum absolute atomic E-state index is 12.6. The van der Waals surface area contributed by atoms with Gasteiger partial charge in [0.05, 0.1) is 0 Å². The maximum atomic E-state index is 12.6. The van der Waals surface area contributed by atoms with Crippen molar-refractivity contribution in [3.05, 3.63) is 35.9 Å². The first-order chi connectivity index (χ1) is 12.9. The van der Waals surface area contributed by atoms with Crippen molar-refractivity contribution < 1.29 is 9.59 Å². The number of piperidine rings is 1. The Labute approximate surface area is 164 Å². The van der Waals surface area contributed by atoms with Gasteiger partial charge in [0, 0.05) is 37.9 Å². The zero-order valence-electron chi connectivity index (χ0n) is 17.3. The lowest BCUT2D eigenvalue weighted by Crippen LogP contribution is -2.47. The van der Waals surface area contributed by atoms with E-state index in [4.69, 9.17) is 0 Å². The summed E-state index contributed by atoms with van der Waals surface area (Å²) in [5.74, 6) is 0.963. The van der Waals surface area contributed by atoms with E-state index in [0.717, 1.165) is 38.8 Å². The smallest absolute Gasteiger partial charge is 0.222 e. The summed E-state index contributed by atoms with van der Waals surface area (Å²) in [5, 5.41) is 2.95. The number of hydrogen-bond donors (Lipinski definition) is 1. The molecular weight excluding hydrogens is 336 g/mol. The van der Waals surface area contributed by atoms with E-state index in [1.807, 2.05) is 11.0 Å². The Morgan fingerprint density at radius 2 is 1.89 bits per heavy atom. The summed E-state index contributed by atoms with van der Waals surface area (Å²) in [4.78, 5) is 26.4. The molecular formula is C23H36N2O2. The Morgan fingerprint density at radius 3 is 2.59 bits per heavy atom. The molecule has 2 rings (SSSR count). The molecule has 4 nitrogen and oxygen atoms in total. The van der Waals surface area contributed by atoms with Gasteiger partial charge in [0.15, 0.2) is 0 Å². The van der Waals surface area contributed by atoms with Gasteiger partial charge in [-0.2, -0.15) is 0 Å². The maximum Gasteiger partial charge on any atom is 0.222 e. The van der Waals surface area contributed by atoms with E-state index in [2.05, 4.69) is 50.4 Å². The minimum atomic E-state index is 0.0415. The average molecular weight is 373 g/mol. The van der Waals surface area contributed by atoms with Crippen LogP contribution in [0.4, 0.5) is 0 Å². The van der Waals surface area contributed by atoms with Crippen LogP contribution in [-0.2, 0) is 15.0 Å². The van der Waals surface area contributed by atoms with Crippen LogP contribution < -0.4 is 5.32 Å². The molecule has 2 amide bonds. The number of likely N-dealkylation sites (tertiary alicyclic amines) is 1. The number of carbonyl (C=O) groups is 2. The first-order valence-electron chi connectivity index (χ1n) is 10.5. The number of nitrogens with one attached hydrogen (secondary N) is 1. The fraction of sp³-hybridized carbons (Fsp3) is 0.652. The molecule has 1 fully saturated rings. The molecule has 0 aliphatic carbocycles. The van der Waals surface area contributed by atoms with Gasteiger partial charge in [-0.1, -0.05) is 57.5 Å². The Bertz CT molecular complexity index is 600. The van der Waals surface area contributed by atoms with Gasteiger partial charge in [-0.25, -0.2) is 0 Å². The third-order valence-electron chi connectivity index (χ3n) is 5.59. The number of nitrogens with zero attached hydrogens (tertiary/aromatic N) is 1. The fourth-order valence-corrected chi connectivity index (χ4v) is 3.91. The SMILES string of the molecule is CC(C)CCCC(=O)NCCCC(=O)N1CCC[C@](C)(c2ccccc2)C1. The third kappa shape index (κ3) is 7.00. The number of carbonyl (C=O) groups excluding carboxylic acids is 2. The van der Waals surface area contributed by atoms with Crippen molar-refractivity contribution in [2.45, 2.75) is 71.1 Å². The van der Waals surface area contributed by atoms with Crippen molar-refractivity contribution in [3.63, 3.8) is 0 Å². The first kappa shape index (κ1) is 21.5. The number of rotatable bonds is 9. The van der Waals surface area contributed by atoms with Gasteiger partial charge in [0.25, 0.3) is 0 Å². The summed E-state index contributed by atoms with van der Waals surface area (Å²) in [6, 6.07) is 10.5. The van der Waals surface area contributed by atoms with Crippen molar-refractivity contribution in [3.8, 4) is 0 Å². The molecule has 0 unspecified atom stereocenters. The molecule has 1 aromatic rings. The van der Waals surface area contributed by atoms with Gasteiger partial charge in [-0.05, 0) is 37.2 Å². The van der Waals surface area contributed by atoms with Crippen molar-refractivity contribution in [1.82, 2.24) is 10.2 Å². The third-order valence-corrected chi connectivity index (χ3v) is 5.59. The highest BCUT2D eigenvalue weighted by molar-refractivity contribution is 5.77. The van der Waals surface area contributed by atoms with Crippen molar-refractivity contribution >= 4 is 11.8 Å². The second-order valence-corrected chi connectivity index (χ2v) is 8.59. The van der Waals surface area contributed by atoms with E-state index >= 15 is 0 Å². The molecule has 1 aromatic carbocycles. The van der Waals surface area contributed by atoms with Gasteiger partial charge >= 0.3 is 0 Å². The second-order valence-electron chi connectivity index (χ2n) is 8.59. The highest BCUT2D eigenvalue weighted by Crippen LogP contribution is 2.33. The van der Waals surface area contributed by atoms with Gasteiger partial charge in [0.2, 0.25) is 11.8 Å². The second kappa shape index (κ2) is 10.5. The Balaban J connectivity index is 1.70. The summed E-state index contributed by atoms with van der Waals surface area (Å²) in [6.45, 7) is 8.84. The lowest BCUT2D eigenvalue weighted by molar-refractivity contribution is -0.133. The molecule has 4 heteroatoms. The number of hydrogen-bond acceptors (Lipinski definition) is 2. The molecule has 1 saturated heterocycles. The molecule has 27 heavy (non-hydrogen) atoms. The van der Waals surface area contributed by atoms with Crippen molar-refractivity contribution in [2.24, 2.45) is 5.92 Å². The van der Waals surface area contributed by atoms with E-state index in [-0.39, 0.29) is 17.2 Å². The topological polar surface area (TPSA) is 49.4 Å². The van der Waals surface area contributed by atoms with Gasteiger partial charge in [-0.15, -0.1) is 0 Å². The molecule has 0 radical (unpaired) electrons. The van der Waals surface area contributed by atoms with Gasteiger partial charge in [-0.3, -0.25) is 9.59 Å². The molecule has 1 aliphatic rings. The van der Waals surface area contributed by atoms with E-state index in [9.17, 15) is 9.59 Å². The monoisotopic (exact) mass is 372 g/mol. The van der Waals surface area contributed by atoms with Crippen LogP contribution in [0.2, 0.25) is 0 Å². The van der Waals surface area contributed by atoms with Crippen LogP contribution >= 0.6 is 0 Å². The summed E-state index contributed by atoms with van der Waals surface area (Å²) in [5.41, 5.74) is 1.36. The molecule has 150 valence electrons. The van der Waals surface area contributed by atoms with Crippen LogP contribution in [-0.4, -0.2) is 36.3 Å². The highest BCUT2D eigenvalue weighted by atomic mass is 16.2. The van der Waals surface area contributed by atoms with Crippen LogP contribution in [0.15, 0.2) is 30.3 Å². The number of benzene rings is 1. The predicted octanol–water partition coefficient (Wildman–Crippen LogP) is 4.29. The van der Waals surface area contributed by atoms with Crippen LogP contribution in [0.3, 0.4) is 0 Å². The quantitative estimate of drug-likeness (QED) is 0.658. The zero-order valence-corrected chi connectivity index (χ0v) is 17.3. The van der Waals surface area contributed by atoms with E-state index in [1.165, 1.54) is 5.56 Å². The number of amides is 2. The minimum absolute atomic E-state index is 0.0415. The van der Waals surface area contributed by atoms with Crippen molar-refractivity contribution in [1.29, 1.82) is 0 Å². The molecule has 1 N–H and O–H groups in total. The molecule has 0 spiro atoms. The standard InChI is InChI=1S/C23H36N2O2/c1-19(2)10-7-13-21(26)24-16-8-14-22(27)25-17-9-15-23(3,18-25)20-11-5-4-6-12-20/h4-6,11-12,19H,7-10,13-18H2,1-3H3,(H,24,26)/t23-/m0/s1. The van der Waals surface area contributed by atoms with Crippen LogP contribution in [0.25, 0.3) is 0 Å². The lowest BCUT2D eigenvalue weighted by atomic mass is 9.76. The summed E-state index contributed by atoms with van der Waals surface area (Å²) >= 11 is 0. The first-order valence-corrected chi connectivity index (χ1v) is 10.5. The molecule has 0 aromatic heterocycles. The lowest BCUT2D eigenvalue weighted by Gasteiger charge is -2.41. The fourth-order valence-electron chi connectivity index (χ4n) is 3.91. The molecule has 0 bridgehead atoms. The van der Waals surface area contributed by atoms with Crippen LogP contribution in [0.5, 0.6) is 0 Å². The van der Waals surface area contributed by atoms with E-state index in [1.54, 1.807) is 0 Å². The van der Waals surface area contributed by atoms with Crippen LogP contribution in [0, 0.1) is 5.92 Å². The minimum Gasteiger partial charge on any atom is -0.356 e. The van der Waals surface area contributed by atoms with Gasteiger partial charge < -0.3 is 10.2 Å². The van der Waals surface area contributed by atoms with E-state index in [0.29, 0.717) is 31.7 Å². The normalized spacial score (nSPS) is 19.9. The predicted molar refractivity (Wildman–Crippen MR) is 111 cm³/mol. The summed E-state index contributed by atoms with van der Waals surface area (Å²) in [6.07, 6.45) is 6.00. The largest absolute Gasteiger partial charge is 0.356 e. The zero-order chi connectivity index (χ0) is 19.7. The molecule has 1 atom stereocenters. The molecule has 1 heterocycles. The Hall–Kier alpha value is -1.84. The van der Waals surface area contributed by atoms with Crippen LogP contribution in [0.1, 0.15) is 71.3 Å². The summed E-state index contributed by atoms with van der Waals surface area (Å²) < 4.78 is 0.